The summed E-state index contributed by atoms with van der Waals surface area (Å²) in [5, 5.41) is 3.44. The molecule has 30 heavy (non-hydrogen) atoms. The van der Waals surface area contributed by atoms with Gasteiger partial charge in [-0.25, -0.2) is 4.98 Å². The lowest BCUT2D eigenvalue weighted by Crippen LogP contribution is -2.43. The van der Waals surface area contributed by atoms with Crippen LogP contribution in [0.1, 0.15) is 42.1 Å². The molecule has 0 saturated carbocycles. The van der Waals surface area contributed by atoms with Gasteiger partial charge < -0.3 is 20.7 Å². The molecule has 7 heteroatoms. The van der Waals surface area contributed by atoms with Gasteiger partial charge in [-0.15, -0.1) is 0 Å². The molecule has 0 radical (unpaired) electrons. The van der Waals surface area contributed by atoms with E-state index in [1.807, 2.05) is 6.92 Å². The molecule has 0 amide bonds. The summed E-state index contributed by atoms with van der Waals surface area (Å²) in [4.78, 5) is 13.7. The summed E-state index contributed by atoms with van der Waals surface area (Å²) in [7, 11) is 3.93. The van der Waals surface area contributed by atoms with Gasteiger partial charge in [-0.1, -0.05) is 25.5 Å². The lowest BCUT2D eigenvalue weighted by Gasteiger charge is -2.32. The zero-order valence-electron chi connectivity index (χ0n) is 18.9. The van der Waals surface area contributed by atoms with Crippen molar-refractivity contribution in [2.45, 2.75) is 39.7 Å². The van der Waals surface area contributed by atoms with E-state index in [2.05, 4.69) is 57.3 Å². The molecule has 0 aliphatic carbocycles. The molecule has 1 aromatic carbocycles. The number of hydrogen-bond acceptors (Lipinski definition) is 7. The number of unbranched alkanes of at least 4 members (excludes halogenated alkanes) is 1. The lowest BCUT2D eigenvalue weighted by molar-refractivity contribution is 0.148. The molecule has 2 aromatic rings. The van der Waals surface area contributed by atoms with Crippen LogP contribution in [0.25, 0.3) is 0 Å². The van der Waals surface area contributed by atoms with Crippen LogP contribution in [0, 0.1) is 6.92 Å². The number of nitrogens with zero attached hydrogens (tertiary/aromatic N) is 4. The molecule has 1 fully saturated rings. The Kier molecular flexibility index (Phi) is 7.87. The lowest BCUT2D eigenvalue weighted by atomic mass is 10.0. The van der Waals surface area contributed by atoms with Crippen molar-refractivity contribution in [3.05, 3.63) is 40.6 Å². The van der Waals surface area contributed by atoms with Gasteiger partial charge in [0.05, 0.1) is 7.11 Å². The number of nitrogens with two attached hydrogens (primary N) is 1. The van der Waals surface area contributed by atoms with Crippen LogP contribution in [0.4, 0.5) is 11.8 Å². The Balaban J connectivity index is 1.77. The number of methoxy groups -OCH3 is 1. The molecular formula is C23H36N6O. The average Bonchev–Trinajstić information content (AvgIpc) is 2.73. The first-order chi connectivity index (χ1) is 14.5. The molecule has 2 heterocycles. The second-order valence-electron chi connectivity index (χ2n) is 8.18. The van der Waals surface area contributed by atoms with Crippen LogP contribution < -0.4 is 15.8 Å². The maximum absolute atomic E-state index is 5.90. The Morgan fingerprint density at radius 1 is 1.17 bits per heavy atom. The molecular weight excluding hydrogens is 376 g/mol. The zero-order chi connectivity index (χ0) is 21.5. The van der Waals surface area contributed by atoms with E-state index in [1.165, 1.54) is 5.56 Å². The number of nitrogens with one attached hydrogen (secondary N) is 1. The number of aryl methyl sites for hydroxylation is 1. The topological polar surface area (TPSA) is 79.5 Å². The Bertz CT molecular complexity index is 833. The normalized spacial score (nSPS) is 15.3. The van der Waals surface area contributed by atoms with Crippen LogP contribution in [0.2, 0.25) is 0 Å². The molecule has 1 aliphatic rings. The van der Waals surface area contributed by atoms with Crippen LogP contribution in [0.3, 0.4) is 0 Å². The molecule has 0 spiro atoms. The van der Waals surface area contributed by atoms with Gasteiger partial charge in [-0.2, -0.15) is 4.98 Å². The summed E-state index contributed by atoms with van der Waals surface area (Å²) in [6.07, 6.45) is 2.93. The van der Waals surface area contributed by atoms with Gasteiger partial charge >= 0.3 is 0 Å². The number of hydrogen-bond donors (Lipinski definition) is 2. The van der Waals surface area contributed by atoms with E-state index in [4.69, 9.17) is 10.5 Å². The first-order valence-corrected chi connectivity index (χ1v) is 10.9. The maximum atomic E-state index is 5.90. The van der Waals surface area contributed by atoms with Crippen LogP contribution in [-0.4, -0.2) is 66.6 Å². The summed E-state index contributed by atoms with van der Waals surface area (Å²) in [6, 6.07) is 6.56. The minimum Gasteiger partial charge on any atom is -0.496 e. The largest absolute Gasteiger partial charge is 0.496 e. The van der Waals surface area contributed by atoms with Crippen molar-refractivity contribution in [2.24, 2.45) is 0 Å². The summed E-state index contributed by atoms with van der Waals surface area (Å²) in [6.45, 7) is 10.5. The maximum Gasteiger partial charge on any atom is 0.222 e. The van der Waals surface area contributed by atoms with E-state index in [0.717, 1.165) is 80.5 Å². The Morgan fingerprint density at radius 2 is 1.93 bits per heavy atom. The van der Waals surface area contributed by atoms with E-state index in [-0.39, 0.29) is 0 Å². The van der Waals surface area contributed by atoms with Crippen LogP contribution >= 0.6 is 0 Å². The van der Waals surface area contributed by atoms with Crippen molar-refractivity contribution in [1.29, 1.82) is 0 Å². The number of nitrogen functional groups attached to an aromatic ring is 1. The van der Waals surface area contributed by atoms with Gasteiger partial charge in [0.1, 0.15) is 11.6 Å². The smallest absolute Gasteiger partial charge is 0.222 e. The second-order valence-corrected chi connectivity index (χ2v) is 8.18. The van der Waals surface area contributed by atoms with Crippen LogP contribution in [0.5, 0.6) is 5.75 Å². The van der Waals surface area contributed by atoms with Gasteiger partial charge in [-0.05, 0) is 37.6 Å². The summed E-state index contributed by atoms with van der Waals surface area (Å²) >= 11 is 0. The Hall–Kier alpha value is -2.38. The molecule has 1 saturated heterocycles. The minimum atomic E-state index is 0.310. The van der Waals surface area contributed by atoms with Crippen molar-refractivity contribution >= 4 is 11.8 Å². The van der Waals surface area contributed by atoms with E-state index in [9.17, 15) is 0 Å². The number of benzene rings is 1. The number of ether oxygens (including phenoxy) is 1. The molecule has 3 rings (SSSR count). The highest BCUT2D eigenvalue weighted by molar-refractivity contribution is 5.53. The molecule has 3 N–H and O–H groups in total. The quantitative estimate of drug-likeness (QED) is 0.613. The van der Waals surface area contributed by atoms with Gasteiger partial charge in [0.15, 0.2) is 0 Å². The third-order valence-corrected chi connectivity index (χ3v) is 5.77. The molecule has 0 bridgehead atoms. The number of likely N-dealkylation sites (N-methyl/N-ethyl adjacent to an activating group) is 1. The highest BCUT2D eigenvalue weighted by atomic mass is 16.5. The Labute approximate surface area is 180 Å². The number of anilines is 2. The van der Waals surface area contributed by atoms with Crippen LogP contribution in [0.15, 0.2) is 18.2 Å². The number of aromatic nitrogens is 2. The predicted molar refractivity (Wildman–Crippen MR) is 123 cm³/mol. The molecule has 0 atom stereocenters. The van der Waals surface area contributed by atoms with Crippen molar-refractivity contribution < 1.29 is 4.74 Å². The highest BCUT2D eigenvalue weighted by Crippen LogP contribution is 2.28. The van der Waals surface area contributed by atoms with Crippen LogP contribution in [-0.2, 0) is 13.0 Å². The van der Waals surface area contributed by atoms with Gasteiger partial charge in [-0.3, -0.25) is 4.90 Å². The highest BCUT2D eigenvalue weighted by Gasteiger charge is 2.17. The minimum absolute atomic E-state index is 0.310. The second kappa shape index (κ2) is 10.6. The third-order valence-electron chi connectivity index (χ3n) is 5.77. The monoisotopic (exact) mass is 412 g/mol. The van der Waals surface area contributed by atoms with E-state index >= 15 is 0 Å². The van der Waals surface area contributed by atoms with Crippen molar-refractivity contribution in [2.75, 3.05) is 57.9 Å². The molecule has 164 valence electrons. The number of piperazine rings is 1. The van der Waals surface area contributed by atoms with Gasteiger partial charge in [0, 0.05) is 56.9 Å². The summed E-state index contributed by atoms with van der Waals surface area (Å²) in [5.41, 5.74) is 10.3. The molecule has 1 aromatic heterocycles. The van der Waals surface area contributed by atoms with E-state index in [0.29, 0.717) is 12.4 Å². The predicted octanol–water partition coefficient (Wildman–Crippen LogP) is 2.93. The fraction of sp³-hybridized carbons (Fsp3) is 0.565. The first kappa shape index (κ1) is 22.3. The third kappa shape index (κ3) is 5.83. The van der Waals surface area contributed by atoms with Gasteiger partial charge in [0.25, 0.3) is 0 Å². The first-order valence-electron chi connectivity index (χ1n) is 10.9. The number of rotatable bonds is 9. The van der Waals surface area contributed by atoms with E-state index < -0.39 is 0 Å². The van der Waals surface area contributed by atoms with Crippen molar-refractivity contribution in [3.8, 4) is 5.75 Å². The van der Waals surface area contributed by atoms with Gasteiger partial charge in [0.2, 0.25) is 5.95 Å². The standard InChI is InChI=1S/C23H36N6O/c1-5-6-9-25-22-20(17(2)26-23(24)27-22)15-19-8-7-18(14-21(19)30-4)16-29-12-10-28(3)11-13-29/h7-8,14H,5-6,9-13,15-16H2,1-4H3,(H3,24,25,26,27). The molecule has 1 aliphatic heterocycles. The van der Waals surface area contributed by atoms with E-state index in [1.54, 1.807) is 7.11 Å². The fourth-order valence-electron chi connectivity index (χ4n) is 3.85. The van der Waals surface area contributed by atoms with Crippen molar-refractivity contribution in [1.82, 2.24) is 19.8 Å². The zero-order valence-corrected chi connectivity index (χ0v) is 18.9. The SMILES string of the molecule is CCCCNc1nc(N)nc(C)c1Cc1ccc(CN2CCN(C)CC2)cc1OC. The fourth-order valence-corrected chi connectivity index (χ4v) is 3.85. The Morgan fingerprint density at radius 3 is 2.63 bits per heavy atom. The summed E-state index contributed by atoms with van der Waals surface area (Å²) in [5.74, 6) is 2.05. The van der Waals surface area contributed by atoms with Crippen molar-refractivity contribution in [3.63, 3.8) is 0 Å². The average molecular weight is 413 g/mol. The summed E-state index contributed by atoms with van der Waals surface area (Å²) < 4.78 is 5.75. The molecule has 7 nitrogen and oxygen atoms in total. The molecule has 0 unspecified atom stereocenters.